The number of rotatable bonds is 6. The quantitative estimate of drug-likeness (QED) is 0.471. The van der Waals surface area contributed by atoms with E-state index in [1.54, 1.807) is 0 Å². The summed E-state index contributed by atoms with van der Waals surface area (Å²) in [7, 11) is 0. The monoisotopic (exact) mass is 381 g/mol. The molecule has 0 unspecified atom stereocenters. The summed E-state index contributed by atoms with van der Waals surface area (Å²) in [6.45, 7) is 5.02. The number of halogens is 2. The van der Waals surface area contributed by atoms with Crippen LogP contribution in [0.5, 0.6) is 0 Å². The maximum Gasteiger partial charge on any atom is 0.317 e. The van der Waals surface area contributed by atoms with Gasteiger partial charge in [0, 0.05) is 23.1 Å². The summed E-state index contributed by atoms with van der Waals surface area (Å²) >= 11 is 1.10. The van der Waals surface area contributed by atoms with E-state index in [2.05, 4.69) is 15.3 Å². The largest absolute Gasteiger partial charge is 0.452 e. The molecule has 2 rings (SSSR count). The number of esters is 1. The molecule has 1 N–H and O–H groups in total. The summed E-state index contributed by atoms with van der Waals surface area (Å²) in [6, 6.07) is 4.75. The number of ether oxygens (including phenoxy) is 1. The molecule has 1 amide bonds. The second kappa shape index (κ2) is 8.70. The van der Waals surface area contributed by atoms with Crippen LogP contribution in [0.2, 0.25) is 0 Å². The topological polar surface area (TPSA) is 81.2 Å². The van der Waals surface area contributed by atoms with E-state index in [9.17, 15) is 18.4 Å². The zero-order valence-corrected chi connectivity index (χ0v) is 15.2. The van der Waals surface area contributed by atoms with Crippen LogP contribution in [0.25, 0.3) is 0 Å². The highest BCUT2D eigenvalue weighted by atomic mass is 32.2. The van der Waals surface area contributed by atoms with Crippen LogP contribution < -0.4 is 5.32 Å². The number of thioether (sulfide) groups is 1. The number of anilines is 1. The molecule has 0 aliphatic carbocycles. The number of nitrogens with one attached hydrogen (secondary N) is 1. The average Bonchev–Trinajstić information content (AvgIpc) is 2.55. The number of hydrogen-bond acceptors (Lipinski definition) is 6. The first-order valence-corrected chi connectivity index (χ1v) is 8.63. The van der Waals surface area contributed by atoms with Crippen molar-refractivity contribution < 1.29 is 23.1 Å². The van der Waals surface area contributed by atoms with Gasteiger partial charge in [-0.3, -0.25) is 9.59 Å². The van der Waals surface area contributed by atoms with Crippen molar-refractivity contribution >= 4 is 29.3 Å². The predicted molar refractivity (Wildman–Crippen MR) is 92.8 cm³/mol. The standard InChI is InChI=1S/C17H17F2N3O3S/c1-9-6-10(2)21-17(20-9)26-8-15(23)25-11(3)16(24)22-12-4-5-13(18)14(19)7-12/h4-7,11H,8H2,1-3H3,(H,22,24)/t11-/m1/s1. The van der Waals surface area contributed by atoms with E-state index in [1.165, 1.54) is 13.0 Å². The Morgan fingerprint density at radius 3 is 2.42 bits per heavy atom. The molecule has 0 bridgehead atoms. The third-order valence-corrected chi connectivity index (χ3v) is 3.97. The molecule has 0 radical (unpaired) electrons. The molecule has 0 saturated carbocycles. The van der Waals surface area contributed by atoms with E-state index < -0.39 is 29.6 Å². The number of amides is 1. The molecule has 1 heterocycles. The van der Waals surface area contributed by atoms with E-state index in [-0.39, 0.29) is 11.4 Å². The Kier molecular flexibility index (Phi) is 6.62. The minimum absolute atomic E-state index is 0.0638. The summed E-state index contributed by atoms with van der Waals surface area (Å²) in [5.41, 5.74) is 1.63. The van der Waals surface area contributed by atoms with Gasteiger partial charge in [0.2, 0.25) is 0 Å². The van der Waals surface area contributed by atoms with Crippen molar-refractivity contribution in [1.29, 1.82) is 0 Å². The first-order valence-electron chi connectivity index (χ1n) is 7.65. The lowest BCUT2D eigenvalue weighted by Crippen LogP contribution is -2.30. The molecular weight excluding hydrogens is 364 g/mol. The Bertz CT molecular complexity index is 813. The molecule has 0 fully saturated rings. The van der Waals surface area contributed by atoms with E-state index in [4.69, 9.17) is 4.74 Å². The van der Waals surface area contributed by atoms with Crippen LogP contribution in [-0.2, 0) is 14.3 Å². The van der Waals surface area contributed by atoms with Gasteiger partial charge in [0.1, 0.15) is 0 Å². The second-order valence-electron chi connectivity index (χ2n) is 5.47. The van der Waals surface area contributed by atoms with Gasteiger partial charge in [0.15, 0.2) is 22.9 Å². The molecule has 0 aliphatic rings. The molecule has 2 aromatic rings. The normalized spacial score (nSPS) is 11.7. The van der Waals surface area contributed by atoms with Gasteiger partial charge in [0.05, 0.1) is 5.75 Å². The third kappa shape index (κ3) is 5.76. The van der Waals surface area contributed by atoms with Gasteiger partial charge in [-0.1, -0.05) is 11.8 Å². The van der Waals surface area contributed by atoms with Gasteiger partial charge in [-0.15, -0.1) is 0 Å². The van der Waals surface area contributed by atoms with Crippen molar-refractivity contribution in [3.8, 4) is 0 Å². The van der Waals surface area contributed by atoms with Crippen LogP contribution >= 0.6 is 11.8 Å². The summed E-state index contributed by atoms with van der Waals surface area (Å²) < 4.78 is 31.0. The Morgan fingerprint density at radius 1 is 1.15 bits per heavy atom. The fourth-order valence-electron chi connectivity index (χ4n) is 1.98. The highest BCUT2D eigenvalue weighted by molar-refractivity contribution is 7.99. The number of hydrogen-bond donors (Lipinski definition) is 1. The Hall–Kier alpha value is -2.55. The highest BCUT2D eigenvalue weighted by Gasteiger charge is 2.19. The number of nitrogens with zero attached hydrogens (tertiary/aromatic N) is 2. The van der Waals surface area contributed by atoms with Crippen LogP contribution in [-0.4, -0.2) is 33.7 Å². The lowest BCUT2D eigenvalue weighted by atomic mass is 10.3. The van der Waals surface area contributed by atoms with Crippen LogP contribution in [0.3, 0.4) is 0 Å². The Morgan fingerprint density at radius 2 is 1.81 bits per heavy atom. The third-order valence-electron chi connectivity index (χ3n) is 3.15. The molecule has 26 heavy (non-hydrogen) atoms. The molecule has 1 atom stereocenters. The maximum absolute atomic E-state index is 13.1. The summed E-state index contributed by atoms with van der Waals surface area (Å²) in [5, 5.41) is 2.79. The van der Waals surface area contributed by atoms with E-state index in [0.717, 1.165) is 35.3 Å². The number of carbonyl (C=O) groups is 2. The van der Waals surface area contributed by atoms with E-state index in [1.807, 2.05) is 19.9 Å². The number of benzene rings is 1. The van der Waals surface area contributed by atoms with Gasteiger partial charge in [-0.05, 0) is 39.0 Å². The Labute approximate surface area is 153 Å². The smallest absolute Gasteiger partial charge is 0.317 e. The predicted octanol–water partition coefficient (Wildman–Crippen LogP) is 3.03. The number of aromatic nitrogens is 2. The SMILES string of the molecule is Cc1cc(C)nc(SCC(=O)O[C@H](C)C(=O)Nc2ccc(F)c(F)c2)n1. The minimum atomic E-state index is -1.10. The van der Waals surface area contributed by atoms with Crippen molar-refractivity contribution in [3.63, 3.8) is 0 Å². The van der Waals surface area contributed by atoms with E-state index >= 15 is 0 Å². The van der Waals surface area contributed by atoms with Crippen LogP contribution in [0.1, 0.15) is 18.3 Å². The molecule has 0 saturated heterocycles. The average molecular weight is 381 g/mol. The zero-order valence-electron chi connectivity index (χ0n) is 14.4. The van der Waals surface area contributed by atoms with E-state index in [0.29, 0.717) is 5.16 Å². The first kappa shape index (κ1) is 19.8. The number of carbonyl (C=O) groups excluding carboxylic acids is 2. The van der Waals surface area contributed by atoms with Gasteiger partial charge < -0.3 is 10.1 Å². The molecule has 6 nitrogen and oxygen atoms in total. The molecule has 0 aliphatic heterocycles. The first-order chi connectivity index (χ1) is 12.2. The van der Waals surface area contributed by atoms with Crippen molar-refractivity contribution in [2.24, 2.45) is 0 Å². The zero-order chi connectivity index (χ0) is 19.3. The lowest BCUT2D eigenvalue weighted by Gasteiger charge is -2.13. The fraction of sp³-hybridized carbons (Fsp3) is 0.294. The maximum atomic E-state index is 13.1. The number of aryl methyl sites for hydroxylation is 2. The molecule has 9 heteroatoms. The molecule has 0 spiro atoms. The fourth-order valence-corrected chi connectivity index (χ4v) is 2.72. The lowest BCUT2D eigenvalue weighted by molar-refractivity contribution is -0.150. The molecule has 138 valence electrons. The van der Waals surface area contributed by atoms with Crippen LogP contribution in [0, 0.1) is 25.5 Å². The highest BCUT2D eigenvalue weighted by Crippen LogP contribution is 2.16. The Balaban J connectivity index is 1.85. The van der Waals surface area contributed by atoms with Gasteiger partial charge >= 0.3 is 5.97 Å². The van der Waals surface area contributed by atoms with Crippen molar-refractivity contribution in [2.45, 2.75) is 32.0 Å². The van der Waals surface area contributed by atoms with Gasteiger partial charge in [-0.2, -0.15) is 0 Å². The minimum Gasteiger partial charge on any atom is -0.452 e. The molecule has 1 aromatic carbocycles. The van der Waals surface area contributed by atoms with Crippen molar-refractivity contribution in [3.05, 3.63) is 47.3 Å². The summed E-state index contributed by atoms with van der Waals surface area (Å²) in [4.78, 5) is 32.2. The van der Waals surface area contributed by atoms with Crippen molar-refractivity contribution in [2.75, 3.05) is 11.1 Å². The van der Waals surface area contributed by atoms with Crippen LogP contribution in [0.15, 0.2) is 29.4 Å². The molecular formula is C17H17F2N3O3S. The summed E-state index contributed by atoms with van der Waals surface area (Å²) in [6.07, 6.45) is -1.10. The van der Waals surface area contributed by atoms with Crippen molar-refractivity contribution in [1.82, 2.24) is 9.97 Å². The van der Waals surface area contributed by atoms with Gasteiger partial charge in [0.25, 0.3) is 5.91 Å². The molecule has 1 aromatic heterocycles. The van der Waals surface area contributed by atoms with Gasteiger partial charge in [-0.25, -0.2) is 18.7 Å². The summed E-state index contributed by atoms with van der Waals surface area (Å²) in [5.74, 6) is -3.45. The second-order valence-corrected chi connectivity index (χ2v) is 6.41. The van der Waals surface area contributed by atoms with Crippen LogP contribution in [0.4, 0.5) is 14.5 Å².